The fourth-order valence-corrected chi connectivity index (χ4v) is 1.53. The third-order valence-electron chi connectivity index (χ3n) is 1.66. The molecule has 0 aliphatic rings. The normalized spacial score (nSPS) is 10.2. The predicted molar refractivity (Wildman–Crippen MR) is 58.5 cm³/mol. The topological polar surface area (TPSA) is 23.8 Å². The van der Waals surface area contributed by atoms with Crippen molar-refractivity contribution in [3.05, 3.63) is 41.0 Å². The van der Waals surface area contributed by atoms with Gasteiger partial charge in [0.1, 0.15) is 0 Å². The summed E-state index contributed by atoms with van der Waals surface area (Å²) in [4.78, 5) is 0. The van der Waals surface area contributed by atoms with Crippen LogP contribution in [0.4, 0.5) is 0 Å². The minimum absolute atomic E-state index is 0.849. The number of allylic oxidation sites excluding steroid dienone is 1. The van der Waals surface area contributed by atoms with E-state index in [1.807, 2.05) is 12.1 Å². The largest absolute Gasteiger partial charge is 0.193 e. The molecule has 0 heterocycles. The van der Waals surface area contributed by atoms with Crippen LogP contribution in [0.5, 0.6) is 0 Å². The van der Waals surface area contributed by atoms with Crippen LogP contribution in [-0.4, -0.2) is 0 Å². The Morgan fingerprint density at radius 1 is 1.46 bits per heavy atom. The summed E-state index contributed by atoms with van der Waals surface area (Å²) in [5.74, 6) is 0. The zero-order valence-corrected chi connectivity index (χ0v) is 9.01. The van der Waals surface area contributed by atoms with E-state index in [4.69, 9.17) is 5.26 Å². The average Bonchev–Trinajstić information content (AvgIpc) is 2.14. The maximum Gasteiger partial charge on any atom is 0.0912 e. The molecule has 0 saturated heterocycles. The van der Waals surface area contributed by atoms with Gasteiger partial charge in [-0.2, -0.15) is 5.26 Å². The van der Waals surface area contributed by atoms with Gasteiger partial charge in [0.15, 0.2) is 0 Å². The fourth-order valence-electron chi connectivity index (χ4n) is 1.20. The van der Waals surface area contributed by atoms with Gasteiger partial charge >= 0.3 is 0 Å². The summed E-state index contributed by atoms with van der Waals surface area (Å²) >= 11 is 3.40. The summed E-state index contributed by atoms with van der Waals surface area (Å²) in [7, 11) is 0. The number of aryl methyl sites for hydroxylation is 1. The van der Waals surface area contributed by atoms with Crippen LogP contribution in [0, 0.1) is 18.3 Å². The summed E-state index contributed by atoms with van der Waals surface area (Å²) in [6.45, 7) is 2.05. The summed E-state index contributed by atoms with van der Waals surface area (Å²) in [6, 6.07) is 8.22. The van der Waals surface area contributed by atoms with Gasteiger partial charge in [-0.05, 0) is 24.1 Å². The van der Waals surface area contributed by atoms with Gasteiger partial charge in [0.05, 0.1) is 6.07 Å². The average molecular weight is 236 g/mol. The highest BCUT2D eigenvalue weighted by atomic mass is 79.9. The molecule has 66 valence electrons. The fraction of sp³-hybridized carbons (Fsp3) is 0.182. The van der Waals surface area contributed by atoms with Crippen LogP contribution in [0.2, 0.25) is 0 Å². The van der Waals surface area contributed by atoms with Crippen molar-refractivity contribution < 1.29 is 0 Å². The first-order valence-corrected chi connectivity index (χ1v) is 5.11. The molecule has 0 aliphatic carbocycles. The second-order valence-electron chi connectivity index (χ2n) is 2.85. The molecule has 2 heteroatoms. The van der Waals surface area contributed by atoms with Crippen molar-refractivity contribution in [3.8, 4) is 6.07 Å². The number of hydrogen-bond acceptors (Lipinski definition) is 1. The van der Waals surface area contributed by atoms with E-state index in [1.165, 1.54) is 17.2 Å². The molecule has 0 spiro atoms. The summed E-state index contributed by atoms with van der Waals surface area (Å²) in [6.07, 6.45) is 3.31. The van der Waals surface area contributed by atoms with Crippen molar-refractivity contribution in [2.45, 2.75) is 12.3 Å². The van der Waals surface area contributed by atoms with Crippen molar-refractivity contribution in [3.63, 3.8) is 0 Å². The van der Waals surface area contributed by atoms with Crippen LogP contribution in [-0.2, 0) is 5.33 Å². The molecule has 0 radical (unpaired) electrons. The summed E-state index contributed by atoms with van der Waals surface area (Å²) < 4.78 is 0. The molecule has 1 rings (SSSR count). The molecule has 0 aromatic heterocycles. The Kier molecular flexibility index (Phi) is 3.72. The van der Waals surface area contributed by atoms with Crippen LogP contribution < -0.4 is 0 Å². The zero-order valence-electron chi connectivity index (χ0n) is 7.42. The molecule has 0 aliphatic heterocycles. The van der Waals surface area contributed by atoms with Crippen LogP contribution in [0.3, 0.4) is 0 Å². The smallest absolute Gasteiger partial charge is 0.0912 e. The van der Waals surface area contributed by atoms with Gasteiger partial charge in [0.25, 0.3) is 0 Å². The van der Waals surface area contributed by atoms with Crippen LogP contribution in [0.1, 0.15) is 16.7 Å². The van der Waals surface area contributed by atoms with Gasteiger partial charge in [-0.3, -0.25) is 0 Å². The second-order valence-corrected chi connectivity index (χ2v) is 3.41. The molecule has 13 heavy (non-hydrogen) atoms. The van der Waals surface area contributed by atoms with Gasteiger partial charge in [-0.1, -0.05) is 39.7 Å². The lowest BCUT2D eigenvalue weighted by atomic mass is 10.1. The standard InChI is InChI=1S/C11H10BrN/c1-9-5-10(3-2-4-13)7-11(6-9)8-12/h2-3,5-7H,8H2,1H3. The van der Waals surface area contributed by atoms with E-state index in [-0.39, 0.29) is 0 Å². The minimum Gasteiger partial charge on any atom is -0.193 e. The van der Waals surface area contributed by atoms with Crippen molar-refractivity contribution in [1.29, 1.82) is 5.26 Å². The summed E-state index contributed by atoms with van der Waals surface area (Å²) in [5, 5.41) is 9.23. The lowest BCUT2D eigenvalue weighted by molar-refractivity contribution is 1.36. The van der Waals surface area contributed by atoms with Crippen molar-refractivity contribution in [1.82, 2.24) is 0 Å². The van der Waals surface area contributed by atoms with E-state index in [2.05, 4.69) is 41.1 Å². The molecule has 1 aromatic rings. The van der Waals surface area contributed by atoms with Gasteiger partial charge < -0.3 is 0 Å². The molecule has 0 fully saturated rings. The lowest BCUT2D eigenvalue weighted by Gasteiger charge is -2.00. The minimum atomic E-state index is 0.849. The lowest BCUT2D eigenvalue weighted by Crippen LogP contribution is -1.82. The number of nitrogens with zero attached hydrogens (tertiary/aromatic N) is 1. The first-order valence-electron chi connectivity index (χ1n) is 3.99. The number of alkyl halides is 1. The molecular weight excluding hydrogens is 226 g/mol. The molecule has 1 aromatic carbocycles. The maximum absolute atomic E-state index is 8.38. The molecule has 0 unspecified atom stereocenters. The molecule has 0 amide bonds. The molecule has 0 N–H and O–H groups in total. The van der Waals surface area contributed by atoms with E-state index >= 15 is 0 Å². The number of hydrogen-bond donors (Lipinski definition) is 0. The van der Waals surface area contributed by atoms with Crippen molar-refractivity contribution in [2.75, 3.05) is 0 Å². The third kappa shape index (κ3) is 3.04. The van der Waals surface area contributed by atoms with Gasteiger partial charge in [-0.15, -0.1) is 0 Å². The van der Waals surface area contributed by atoms with E-state index in [1.54, 1.807) is 0 Å². The molecular formula is C11H10BrN. The monoisotopic (exact) mass is 235 g/mol. The van der Waals surface area contributed by atoms with E-state index in [0.29, 0.717) is 0 Å². The van der Waals surface area contributed by atoms with E-state index < -0.39 is 0 Å². The Hall–Kier alpha value is -1.07. The maximum atomic E-state index is 8.38. The van der Waals surface area contributed by atoms with Crippen LogP contribution in [0.15, 0.2) is 24.3 Å². The Morgan fingerprint density at radius 2 is 2.23 bits per heavy atom. The van der Waals surface area contributed by atoms with Crippen molar-refractivity contribution in [2.24, 2.45) is 0 Å². The van der Waals surface area contributed by atoms with Crippen molar-refractivity contribution >= 4 is 22.0 Å². The predicted octanol–water partition coefficient (Wildman–Crippen LogP) is 3.43. The third-order valence-corrected chi connectivity index (χ3v) is 2.31. The highest BCUT2D eigenvalue weighted by Gasteiger charge is 1.94. The highest BCUT2D eigenvalue weighted by molar-refractivity contribution is 9.08. The number of nitriles is 1. The zero-order chi connectivity index (χ0) is 9.68. The molecule has 0 atom stereocenters. The van der Waals surface area contributed by atoms with Gasteiger partial charge in [0, 0.05) is 11.4 Å². The van der Waals surface area contributed by atoms with E-state index in [0.717, 1.165) is 10.9 Å². The second kappa shape index (κ2) is 4.84. The summed E-state index contributed by atoms with van der Waals surface area (Å²) in [5.41, 5.74) is 3.53. The number of rotatable bonds is 2. The van der Waals surface area contributed by atoms with Crippen LogP contribution >= 0.6 is 15.9 Å². The Balaban J connectivity index is 3.03. The highest BCUT2D eigenvalue weighted by Crippen LogP contribution is 2.13. The molecule has 0 bridgehead atoms. The number of halogens is 1. The Morgan fingerprint density at radius 3 is 2.85 bits per heavy atom. The number of benzene rings is 1. The van der Waals surface area contributed by atoms with Crippen LogP contribution in [0.25, 0.3) is 6.08 Å². The Labute approximate surface area is 86.8 Å². The van der Waals surface area contributed by atoms with E-state index in [9.17, 15) is 0 Å². The quantitative estimate of drug-likeness (QED) is 0.570. The molecule has 0 saturated carbocycles. The first kappa shape index (κ1) is 10.0. The van der Waals surface area contributed by atoms with Gasteiger partial charge in [-0.25, -0.2) is 0 Å². The Bertz CT molecular complexity index is 361. The first-order chi connectivity index (χ1) is 6.26. The SMILES string of the molecule is Cc1cc(C=CC#N)cc(CBr)c1. The van der Waals surface area contributed by atoms with Gasteiger partial charge in [0.2, 0.25) is 0 Å². The molecule has 1 nitrogen and oxygen atoms in total.